The maximum atomic E-state index is 11.8. The Kier molecular flexibility index (Phi) is 2.41. The summed E-state index contributed by atoms with van der Waals surface area (Å²) in [5.74, 6) is -0.00249. The van der Waals surface area contributed by atoms with Gasteiger partial charge in [0.2, 0.25) is 5.78 Å². The number of ketones is 1. The molecular weight excluding hydrogens is 192 g/mol. The van der Waals surface area contributed by atoms with E-state index >= 15 is 0 Å². The summed E-state index contributed by atoms with van der Waals surface area (Å²) in [6.45, 7) is 3.68. The lowest BCUT2D eigenvalue weighted by atomic mass is 10.1. The normalized spacial score (nSPS) is 9.87. The topological polar surface area (TPSA) is 56.0 Å². The summed E-state index contributed by atoms with van der Waals surface area (Å²) < 4.78 is 4.98. The molecule has 0 fully saturated rings. The summed E-state index contributed by atoms with van der Waals surface area (Å²) >= 11 is 0. The Hall–Kier alpha value is -2.23. The van der Waals surface area contributed by atoms with E-state index in [1.165, 1.54) is 12.6 Å². The zero-order valence-electron chi connectivity index (χ0n) is 7.88. The molecule has 0 saturated heterocycles. The van der Waals surface area contributed by atoms with E-state index in [-0.39, 0.29) is 11.5 Å². The summed E-state index contributed by atoms with van der Waals surface area (Å²) in [5.41, 5.74) is 0.804. The van der Waals surface area contributed by atoms with Crippen LogP contribution in [-0.2, 0) is 0 Å². The quantitative estimate of drug-likeness (QED) is 0.561. The lowest BCUT2D eigenvalue weighted by molar-refractivity contribution is 0.103. The summed E-state index contributed by atoms with van der Waals surface area (Å²) in [7, 11) is 0. The molecule has 0 radical (unpaired) electrons. The van der Waals surface area contributed by atoms with Crippen molar-refractivity contribution in [3.8, 4) is 0 Å². The molecular formula is C11H8N2O2. The van der Waals surface area contributed by atoms with Crippen molar-refractivity contribution in [3.05, 3.63) is 55.0 Å². The summed E-state index contributed by atoms with van der Waals surface area (Å²) in [6, 6.07) is 4.87. The van der Waals surface area contributed by atoms with Crippen molar-refractivity contribution in [2.75, 3.05) is 0 Å². The van der Waals surface area contributed by atoms with E-state index < -0.39 is 0 Å². The van der Waals surface area contributed by atoms with Crippen LogP contribution in [0.2, 0.25) is 0 Å². The van der Waals surface area contributed by atoms with Gasteiger partial charge in [-0.25, -0.2) is 9.97 Å². The van der Waals surface area contributed by atoms with Gasteiger partial charge in [-0.05, 0) is 18.2 Å². The highest BCUT2D eigenvalue weighted by Gasteiger charge is 2.15. The van der Waals surface area contributed by atoms with Crippen LogP contribution in [0.1, 0.15) is 16.2 Å². The van der Waals surface area contributed by atoms with E-state index in [0.29, 0.717) is 11.3 Å². The molecule has 4 nitrogen and oxygen atoms in total. The van der Waals surface area contributed by atoms with E-state index in [4.69, 9.17) is 4.42 Å². The van der Waals surface area contributed by atoms with Gasteiger partial charge in [0, 0.05) is 11.8 Å². The van der Waals surface area contributed by atoms with E-state index in [1.807, 2.05) is 0 Å². The average molecular weight is 200 g/mol. The Bertz CT molecular complexity index is 475. The number of furan rings is 1. The number of hydrogen-bond donors (Lipinski definition) is 0. The van der Waals surface area contributed by atoms with Crippen LogP contribution in [0.4, 0.5) is 0 Å². The third-order valence-corrected chi connectivity index (χ3v) is 1.91. The minimum atomic E-state index is -0.265. The number of allylic oxidation sites excluding steroid dienone is 1. The van der Waals surface area contributed by atoms with Crippen LogP contribution in [0.15, 0.2) is 48.0 Å². The predicted octanol–water partition coefficient (Wildman–Crippen LogP) is 1.97. The van der Waals surface area contributed by atoms with Gasteiger partial charge in [0.25, 0.3) is 0 Å². The molecule has 0 spiro atoms. The van der Waals surface area contributed by atoms with Crippen molar-refractivity contribution < 1.29 is 9.21 Å². The molecule has 0 aliphatic heterocycles. The van der Waals surface area contributed by atoms with Crippen molar-refractivity contribution >= 4 is 11.4 Å². The van der Waals surface area contributed by atoms with Gasteiger partial charge in [0.05, 0.1) is 12.0 Å². The second-order valence-corrected chi connectivity index (χ2v) is 2.88. The summed E-state index contributed by atoms with van der Waals surface area (Å²) in [5, 5.41) is 0. The van der Waals surface area contributed by atoms with Crippen molar-refractivity contribution in [1.82, 2.24) is 9.97 Å². The third-order valence-electron chi connectivity index (χ3n) is 1.91. The first-order valence-corrected chi connectivity index (χ1v) is 4.32. The number of hydrogen-bond acceptors (Lipinski definition) is 4. The fraction of sp³-hybridized carbons (Fsp3) is 0. The molecule has 2 rings (SSSR count). The molecule has 0 saturated carbocycles. The fourth-order valence-electron chi connectivity index (χ4n) is 1.14. The molecule has 2 aromatic rings. The van der Waals surface area contributed by atoms with Crippen LogP contribution in [0.3, 0.4) is 0 Å². The molecule has 0 atom stereocenters. The van der Waals surface area contributed by atoms with Gasteiger partial charge in [0.1, 0.15) is 6.33 Å². The molecule has 0 aromatic carbocycles. The Balaban J connectivity index is 2.27. The lowest BCUT2D eigenvalue weighted by Gasteiger charge is -2.00. The first kappa shape index (κ1) is 9.33. The smallest absolute Gasteiger partial charge is 0.229 e. The number of carbonyl (C=O) groups is 1. The van der Waals surface area contributed by atoms with Gasteiger partial charge >= 0.3 is 0 Å². The van der Waals surface area contributed by atoms with Gasteiger partial charge in [0.15, 0.2) is 5.76 Å². The molecule has 0 aliphatic carbocycles. The number of carbonyl (C=O) groups excluding carboxylic acids is 1. The second-order valence-electron chi connectivity index (χ2n) is 2.88. The van der Waals surface area contributed by atoms with E-state index in [9.17, 15) is 4.79 Å². The molecule has 0 N–H and O–H groups in total. The number of rotatable bonds is 3. The Labute approximate surface area is 86.3 Å². The highest BCUT2D eigenvalue weighted by molar-refractivity contribution is 6.26. The van der Waals surface area contributed by atoms with E-state index in [0.717, 1.165) is 0 Å². The number of Topliss-reactive ketones (excluding diaryl/α,β-unsaturated/α-hetero) is 1. The minimum absolute atomic E-state index is 0.263. The zero-order valence-corrected chi connectivity index (χ0v) is 7.88. The van der Waals surface area contributed by atoms with Crippen molar-refractivity contribution in [2.24, 2.45) is 0 Å². The summed E-state index contributed by atoms with van der Waals surface area (Å²) in [6.07, 6.45) is 4.37. The van der Waals surface area contributed by atoms with Crippen LogP contribution in [-0.4, -0.2) is 15.8 Å². The maximum Gasteiger partial charge on any atom is 0.229 e. The predicted molar refractivity (Wildman–Crippen MR) is 54.1 cm³/mol. The Morgan fingerprint density at radius 3 is 2.87 bits per heavy atom. The van der Waals surface area contributed by atoms with Crippen LogP contribution < -0.4 is 0 Å². The summed E-state index contributed by atoms with van der Waals surface area (Å²) in [4.78, 5) is 19.5. The second kappa shape index (κ2) is 3.88. The average Bonchev–Trinajstić information content (AvgIpc) is 2.82. The van der Waals surface area contributed by atoms with E-state index in [1.54, 1.807) is 24.4 Å². The van der Waals surface area contributed by atoms with Crippen LogP contribution >= 0.6 is 0 Å². The molecule has 74 valence electrons. The lowest BCUT2D eigenvalue weighted by Crippen LogP contribution is -2.01. The SMILES string of the molecule is C=C(C(=O)c1ccco1)c1ccncn1. The van der Waals surface area contributed by atoms with Gasteiger partial charge in [-0.1, -0.05) is 6.58 Å². The standard InChI is InChI=1S/C11H8N2O2/c1-8(9-4-5-12-7-13-9)11(14)10-3-2-6-15-10/h2-7H,1H2. The molecule has 2 aromatic heterocycles. The maximum absolute atomic E-state index is 11.8. The zero-order chi connectivity index (χ0) is 10.7. The first-order chi connectivity index (χ1) is 7.29. The molecule has 15 heavy (non-hydrogen) atoms. The Morgan fingerprint density at radius 2 is 2.27 bits per heavy atom. The first-order valence-electron chi connectivity index (χ1n) is 4.32. The minimum Gasteiger partial charge on any atom is -0.461 e. The molecule has 0 aliphatic rings. The van der Waals surface area contributed by atoms with Crippen LogP contribution in [0.5, 0.6) is 0 Å². The molecule has 4 heteroatoms. The van der Waals surface area contributed by atoms with Crippen LogP contribution in [0, 0.1) is 0 Å². The highest BCUT2D eigenvalue weighted by Crippen LogP contribution is 2.15. The van der Waals surface area contributed by atoms with Crippen LogP contribution in [0.25, 0.3) is 5.57 Å². The van der Waals surface area contributed by atoms with Crippen molar-refractivity contribution in [1.29, 1.82) is 0 Å². The van der Waals surface area contributed by atoms with Crippen molar-refractivity contribution in [3.63, 3.8) is 0 Å². The fourth-order valence-corrected chi connectivity index (χ4v) is 1.14. The van der Waals surface area contributed by atoms with Gasteiger partial charge in [-0.2, -0.15) is 0 Å². The molecule has 0 unspecified atom stereocenters. The Morgan fingerprint density at radius 1 is 1.40 bits per heavy atom. The number of nitrogens with zero attached hydrogens (tertiary/aromatic N) is 2. The monoisotopic (exact) mass is 200 g/mol. The van der Waals surface area contributed by atoms with Gasteiger partial charge in [-0.3, -0.25) is 4.79 Å². The molecule has 0 bridgehead atoms. The van der Waals surface area contributed by atoms with Crippen molar-refractivity contribution in [2.45, 2.75) is 0 Å². The molecule has 2 heterocycles. The molecule has 0 amide bonds. The van der Waals surface area contributed by atoms with E-state index in [2.05, 4.69) is 16.5 Å². The van der Waals surface area contributed by atoms with Gasteiger partial charge < -0.3 is 4.42 Å². The number of aromatic nitrogens is 2. The largest absolute Gasteiger partial charge is 0.461 e. The van der Waals surface area contributed by atoms with Gasteiger partial charge in [-0.15, -0.1) is 0 Å². The third kappa shape index (κ3) is 1.83. The highest BCUT2D eigenvalue weighted by atomic mass is 16.3.